The van der Waals surface area contributed by atoms with Gasteiger partial charge >= 0.3 is 5.97 Å². The Morgan fingerprint density at radius 2 is 1.83 bits per heavy atom. The van der Waals surface area contributed by atoms with Crippen LogP contribution >= 0.6 is 23.2 Å². The van der Waals surface area contributed by atoms with Crippen LogP contribution in [0.3, 0.4) is 0 Å². The van der Waals surface area contributed by atoms with Crippen LogP contribution in [0.15, 0.2) is 35.4 Å². The fourth-order valence-electron chi connectivity index (χ4n) is 2.24. The molecule has 2 aromatic carbocycles. The number of hydrogen-bond acceptors (Lipinski definition) is 6. The van der Waals surface area contributed by atoms with Crippen LogP contribution in [-0.4, -0.2) is 43.5 Å². The van der Waals surface area contributed by atoms with Crippen LogP contribution in [0.2, 0.25) is 10.0 Å². The molecule has 0 aliphatic heterocycles. The van der Waals surface area contributed by atoms with Gasteiger partial charge in [0.2, 0.25) is 0 Å². The van der Waals surface area contributed by atoms with Gasteiger partial charge in [-0.25, -0.2) is 10.2 Å². The number of aliphatic carboxylic acids is 1. The summed E-state index contributed by atoms with van der Waals surface area (Å²) in [5, 5.41) is 12.8. The van der Waals surface area contributed by atoms with Crippen molar-refractivity contribution >= 4 is 41.3 Å². The molecule has 0 fully saturated rings. The third kappa shape index (κ3) is 6.27. The Kier molecular flexibility index (Phi) is 8.11. The van der Waals surface area contributed by atoms with Crippen LogP contribution < -0.4 is 19.6 Å². The first-order valence-electron chi connectivity index (χ1n) is 8.33. The van der Waals surface area contributed by atoms with Gasteiger partial charge in [0.15, 0.2) is 23.9 Å². The zero-order valence-electron chi connectivity index (χ0n) is 15.6. The molecule has 0 saturated heterocycles. The van der Waals surface area contributed by atoms with Crippen LogP contribution in [0, 0.1) is 0 Å². The van der Waals surface area contributed by atoms with E-state index in [0.29, 0.717) is 29.2 Å². The highest BCUT2D eigenvalue weighted by molar-refractivity contribution is 6.37. The molecule has 1 amide bonds. The SMILES string of the molecule is CCOc1ccc(C(=O)N/N=C/c2cc(Cl)c(OCC(=O)O)c(Cl)c2)cc1OC. The molecule has 10 heteroatoms. The Morgan fingerprint density at radius 1 is 1.14 bits per heavy atom. The summed E-state index contributed by atoms with van der Waals surface area (Å²) in [6.07, 6.45) is 1.34. The molecular formula is C19H18Cl2N2O6. The van der Waals surface area contributed by atoms with Crippen LogP contribution in [-0.2, 0) is 4.79 Å². The Bertz CT molecular complexity index is 910. The number of nitrogens with zero attached hydrogens (tertiary/aromatic N) is 1. The van der Waals surface area contributed by atoms with Crippen molar-refractivity contribution in [2.24, 2.45) is 5.10 Å². The summed E-state index contributed by atoms with van der Waals surface area (Å²) in [6, 6.07) is 7.70. The molecule has 154 valence electrons. The number of methoxy groups -OCH3 is 1. The number of carboxylic acid groups (broad SMARTS) is 1. The van der Waals surface area contributed by atoms with Gasteiger partial charge in [0, 0.05) is 5.56 Å². The van der Waals surface area contributed by atoms with Crippen molar-refractivity contribution in [1.29, 1.82) is 0 Å². The van der Waals surface area contributed by atoms with Gasteiger partial charge < -0.3 is 19.3 Å². The van der Waals surface area contributed by atoms with Crippen molar-refractivity contribution in [3.8, 4) is 17.2 Å². The second-order valence-electron chi connectivity index (χ2n) is 5.49. The number of hydrogen-bond donors (Lipinski definition) is 2. The fraction of sp³-hybridized carbons (Fsp3) is 0.211. The first-order chi connectivity index (χ1) is 13.8. The number of hydrazone groups is 1. The second-order valence-corrected chi connectivity index (χ2v) is 6.31. The van der Waals surface area contributed by atoms with E-state index in [4.69, 9.17) is 42.5 Å². The van der Waals surface area contributed by atoms with Gasteiger partial charge in [0.1, 0.15) is 0 Å². The third-order valence-electron chi connectivity index (χ3n) is 3.47. The smallest absolute Gasteiger partial charge is 0.341 e. The molecule has 0 spiro atoms. The average molecular weight is 441 g/mol. The molecule has 8 nitrogen and oxygen atoms in total. The number of ether oxygens (including phenoxy) is 3. The fourth-order valence-corrected chi connectivity index (χ4v) is 2.85. The van der Waals surface area contributed by atoms with Crippen molar-refractivity contribution in [2.75, 3.05) is 20.3 Å². The van der Waals surface area contributed by atoms with Gasteiger partial charge in [-0.3, -0.25) is 4.79 Å². The molecule has 0 radical (unpaired) electrons. The monoisotopic (exact) mass is 440 g/mol. The molecule has 0 aliphatic rings. The first-order valence-corrected chi connectivity index (χ1v) is 9.09. The van der Waals surface area contributed by atoms with E-state index in [1.54, 1.807) is 12.1 Å². The van der Waals surface area contributed by atoms with Crippen LogP contribution in [0.25, 0.3) is 0 Å². The molecule has 0 heterocycles. The van der Waals surface area contributed by atoms with E-state index in [2.05, 4.69) is 10.5 Å². The maximum atomic E-state index is 12.3. The van der Waals surface area contributed by atoms with E-state index in [1.165, 1.54) is 31.5 Å². The molecule has 2 aromatic rings. The number of carbonyl (C=O) groups excluding carboxylic acids is 1. The lowest BCUT2D eigenvalue weighted by atomic mass is 10.2. The standard InChI is InChI=1S/C19H18Cl2N2O6/c1-3-28-15-5-4-12(8-16(15)27-2)19(26)23-22-9-11-6-13(20)18(14(21)7-11)29-10-17(24)25/h4-9H,3,10H2,1-2H3,(H,23,26)(H,24,25)/b22-9+. The predicted octanol–water partition coefficient (Wildman–Crippen LogP) is 3.63. The summed E-state index contributed by atoms with van der Waals surface area (Å²) in [5.74, 6) is -0.598. The summed E-state index contributed by atoms with van der Waals surface area (Å²) in [4.78, 5) is 22.8. The Morgan fingerprint density at radius 3 is 2.41 bits per heavy atom. The summed E-state index contributed by atoms with van der Waals surface area (Å²) in [6.45, 7) is 1.74. The lowest BCUT2D eigenvalue weighted by Gasteiger charge is -2.10. The van der Waals surface area contributed by atoms with Gasteiger partial charge in [-0.15, -0.1) is 0 Å². The number of nitrogens with one attached hydrogen (secondary N) is 1. The maximum absolute atomic E-state index is 12.3. The molecule has 0 atom stereocenters. The quantitative estimate of drug-likeness (QED) is 0.455. The largest absolute Gasteiger partial charge is 0.493 e. The minimum Gasteiger partial charge on any atom is -0.493 e. The average Bonchev–Trinajstić information content (AvgIpc) is 2.67. The molecule has 29 heavy (non-hydrogen) atoms. The van der Waals surface area contributed by atoms with E-state index in [9.17, 15) is 9.59 Å². The van der Waals surface area contributed by atoms with Gasteiger partial charge in [-0.2, -0.15) is 5.10 Å². The first kappa shape index (κ1) is 22.3. The Hall–Kier alpha value is -2.97. The third-order valence-corrected chi connectivity index (χ3v) is 4.03. The minimum atomic E-state index is -1.16. The number of carbonyl (C=O) groups is 2. The Balaban J connectivity index is 2.07. The second kappa shape index (κ2) is 10.5. The normalized spacial score (nSPS) is 10.6. The number of benzene rings is 2. The maximum Gasteiger partial charge on any atom is 0.341 e. The predicted molar refractivity (Wildman–Crippen MR) is 109 cm³/mol. The van der Waals surface area contributed by atoms with E-state index in [0.717, 1.165) is 0 Å². The number of rotatable bonds is 9. The van der Waals surface area contributed by atoms with Gasteiger partial charge in [-0.05, 0) is 42.8 Å². The molecule has 0 aromatic heterocycles. The van der Waals surface area contributed by atoms with Crippen molar-refractivity contribution in [2.45, 2.75) is 6.92 Å². The lowest BCUT2D eigenvalue weighted by molar-refractivity contribution is -0.139. The number of halogens is 2. The van der Waals surface area contributed by atoms with Crippen molar-refractivity contribution in [3.63, 3.8) is 0 Å². The van der Waals surface area contributed by atoms with Gasteiger partial charge in [-0.1, -0.05) is 23.2 Å². The number of amides is 1. The Labute approximate surface area is 177 Å². The summed E-state index contributed by atoms with van der Waals surface area (Å²) in [7, 11) is 1.48. The zero-order chi connectivity index (χ0) is 21.4. The van der Waals surface area contributed by atoms with Gasteiger partial charge in [0.05, 0.1) is 30.0 Å². The lowest BCUT2D eigenvalue weighted by Crippen LogP contribution is -2.17. The molecular weight excluding hydrogens is 423 g/mol. The highest BCUT2D eigenvalue weighted by Crippen LogP contribution is 2.33. The number of carboxylic acids is 1. The van der Waals surface area contributed by atoms with E-state index in [-0.39, 0.29) is 15.8 Å². The molecule has 0 unspecified atom stereocenters. The summed E-state index contributed by atoms with van der Waals surface area (Å²) in [5.41, 5.74) is 3.19. The summed E-state index contributed by atoms with van der Waals surface area (Å²) >= 11 is 12.1. The molecule has 0 bridgehead atoms. The van der Waals surface area contributed by atoms with E-state index in [1.807, 2.05) is 6.92 Å². The molecule has 0 saturated carbocycles. The van der Waals surface area contributed by atoms with E-state index >= 15 is 0 Å². The van der Waals surface area contributed by atoms with Crippen molar-refractivity contribution in [1.82, 2.24) is 5.43 Å². The topological polar surface area (TPSA) is 106 Å². The van der Waals surface area contributed by atoms with Crippen LogP contribution in [0.5, 0.6) is 17.2 Å². The van der Waals surface area contributed by atoms with Crippen molar-refractivity contribution in [3.05, 3.63) is 51.5 Å². The highest BCUT2D eigenvalue weighted by Gasteiger charge is 2.12. The van der Waals surface area contributed by atoms with E-state index < -0.39 is 18.5 Å². The molecule has 2 N–H and O–H groups in total. The summed E-state index contributed by atoms with van der Waals surface area (Å²) < 4.78 is 15.7. The van der Waals surface area contributed by atoms with Crippen LogP contribution in [0.4, 0.5) is 0 Å². The highest BCUT2D eigenvalue weighted by atomic mass is 35.5. The molecule has 0 aliphatic carbocycles. The van der Waals surface area contributed by atoms with Crippen LogP contribution in [0.1, 0.15) is 22.8 Å². The zero-order valence-corrected chi connectivity index (χ0v) is 17.1. The van der Waals surface area contributed by atoms with Gasteiger partial charge in [0.25, 0.3) is 5.91 Å². The minimum absolute atomic E-state index is 0.0541. The molecule has 2 rings (SSSR count). The van der Waals surface area contributed by atoms with Crippen molar-refractivity contribution < 1.29 is 28.9 Å².